The van der Waals surface area contributed by atoms with Crippen LogP contribution >= 0.6 is 22.6 Å². The Morgan fingerprint density at radius 3 is 2.88 bits per heavy atom. The number of halogens is 1. The van der Waals surface area contributed by atoms with E-state index in [1.54, 1.807) is 0 Å². The Morgan fingerprint density at radius 1 is 1.41 bits per heavy atom. The highest BCUT2D eigenvalue weighted by molar-refractivity contribution is 14.1. The molecule has 0 spiro atoms. The van der Waals surface area contributed by atoms with Gasteiger partial charge in [0.2, 0.25) is 0 Å². The molecule has 4 heteroatoms. The molecule has 0 aliphatic heterocycles. The normalized spacial score (nSPS) is 16.8. The molecule has 0 heterocycles. The molecular weight excluding hydrogens is 329 g/mol. The topological polar surface area (TPSA) is 41.5 Å². The zero-order valence-corrected chi connectivity index (χ0v) is 11.9. The number of anilines is 1. The number of ether oxygens (including phenoxy) is 1. The molecule has 2 rings (SSSR count). The molecule has 1 atom stereocenters. The van der Waals surface area contributed by atoms with Gasteiger partial charge in [0.25, 0.3) is 0 Å². The lowest BCUT2D eigenvalue weighted by atomic mass is 10.3. The number of rotatable bonds is 7. The lowest BCUT2D eigenvalue weighted by Crippen LogP contribution is -2.25. The van der Waals surface area contributed by atoms with E-state index >= 15 is 0 Å². The average molecular weight is 347 g/mol. The first-order chi connectivity index (χ1) is 8.25. The smallest absolute Gasteiger partial charge is 0.0945 e. The van der Waals surface area contributed by atoms with Crippen LogP contribution in [0.3, 0.4) is 0 Å². The summed E-state index contributed by atoms with van der Waals surface area (Å²) < 4.78 is 6.61. The molecule has 2 N–H and O–H groups in total. The minimum absolute atomic E-state index is 0.424. The number of aliphatic hydroxyl groups is 1. The van der Waals surface area contributed by atoms with Crippen molar-refractivity contribution in [3.05, 3.63) is 27.8 Å². The third-order valence-electron chi connectivity index (χ3n) is 2.76. The maximum Gasteiger partial charge on any atom is 0.0945 e. The van der Waals surface area contributed by atoms with Crippen LogP contribution in [0.25, 0.3) is 0 Å². The van der Waals surface area contributed by atoms with E-state index in [2.05, 4.69) is 27.9 Å². The number of nitrogens with one attached hydrogen (secondary N) is 1. The van der Waals surface area contributed by atoms with Crippen molar-refractivity contribution >= 4 is 28.3 Å². The lowest BCUT2D eigenvalue weighted by molar-refractivity contribution is 0.0386. The van der Waals surface area contributed by atoms with E-state index < -0.39 is 6.10 Å². The van der Waals surface area contributed by atoms with Crippen molar-refractivity contribution in [3.63, 3.8) is 0 Å². The molecule has 1 aliphatic carbocycles. The number of hydrogen-bond acceptors (Lipinski definition) is 3. The predicted molar refractivity (Wildman–Crippen MR) is 77.2 cm³/mol. The number of benzene rings is 1. The first kappa shape index (κ1) is 13.1. The molecule has 1 aromatic carbocycles. The summed E-state index contributed by atoms with van der Waals surface area (Å²) in [5, 5.41) is 13.0. The van der Waals surface area contributed by atoms with E-state index in [1.165, 1.54) is 12.8 Å². The van der Waals surface area contributed by atoms with Crippen molar-refractivity contribution < 1.29 is 9.84 Å². The second-order valence-electron chi connectivity index (χ2n) is 4.50. The highest BCUT2D eigenvalue weighted by atomic mass is 127. The molecule has 1 saturated carbocycles. The number of aliphatic hydroxyl groups excluding tert-OH is 1. The van der Waals surface area contributed by atoms with Crippen LogP contribution in [0.4, 0.5) is 5.69 Å². The molecule has 1 fully saturated rings. The second-order valence-corrected chi connectivity index (χ2v) is 5.66. The quantitative estimate of drug-likeness (QED) is 0.745. The summed E-state index contributed by atoms with van der Waals surface area (Å²) in [6.45, 7) is 1.76. The molecule has 0 bridgehead atoms. The maximum atomic E-state index is 9.74. The fraction of sp³-hybridized carbons (Fsp3) is 0.538. The molecule has 1 aliphatic rings. The molecule has 17 heavy (non-hydrogen) atoms. The van der Waals surface area contributed by atoms with Gasteiger partial charge in [-0.05, 0) is 53.5 Å². The Morgan fingerprint density at radius 2 is 2.18 bits per heavy atom. The van der Waals surface area contributed by atoms with Crippen molar-refractivity contribution in [2.75, 3.05) is 25.1 Å². The summed E-state index contributed by atoms with van der Waals surface area (Å²) >= 11 is 2.28. The summed E-state index contributed by atoms with van der Waals surface area (Å²) in [6.07, 6.45) is 2.14. The Hall–Kier alpha value is -0.330. The Labute approximate surface area is 116 Å². The zero-order valence-electron chi connectivity index (χ0n) is 9.73. The fourth-order valence-electron chi connectivity index (χ4n) is 1.55. The van der Waals surface area contributed by atoms with Crippen molar-refractivity contribution in [1.82, 2.24) is 0 Å². The predicted octanol–water partition coefficient (Wildman–Crippen LogP) is 2.49. The van der Waals surface area contributed by atoms with Crippen molar-refractivity contribution in [1.29, 1.82) is 0 Å². The molecule has 0 radical (unpaired) electrons. The van der Waals surface area contributed by atoms with Gasteiger partial charge in [-0.1, -0.05) is 12.1 Å². The highest BCUT2D eigenvalue weighted by Crippen LogP contribution is 2.28. The van der Waals surface area contributed by atoms with Gasteiger partial charge in [0.1, 0.15) is 0 Å². The monoisotopic (exact) mass is 347 g/mol. The molecule has 1 unspecified atom stereocenters. The van der Waals surface area contributed by atoms with Crippen molar-refractivity contribution in [2.24, 2.45) is 5.92 Å². The summed E-state index contributed by atoms with van der Waals surface area (Å²) in [4.78, 5) is 0. The van der Waals surface area contributed by atoms with E-state index in [-0.39, 0.29) is 0 Å². The largest absolute Gasteiger partial charge is 0.389 e. The van der Waals surface area contributed by atoms with Gasteiger partial charge in [-0.3, -0.25) is 0 Å². The summed E-state index contributed by atoms with van der Waals surface area (Å²) in [7, 11) is 0. The van der Waals surface area contributed by atoms with E-state index in [4.69, 9.17) is 4.74 Å². The Kier molecular flexibility index (Phi) is 5.06. The van der Waals surface area contributed by atoms with E-state index in [9.17, 15) is 5.11 Å². The van der Waals surface area contributed by atoms with Crippen LogP contribution in [0.15, 0.2) is 24.3 Å². The summed E-state index contributed by atoms with van der Waals surface area (Å²) in [6, 6.07) is 8.04. The van der Waals surface area contributed by atoms with Gasteiger partial charge in [-0.2, -0.15) is 0 Å². The third kappa shape index (κ3) is 4.81. The Balaban J connectivity index is 1.64. The van der Waals surface area contributed by atoms with E-state index in [0.29, 0.717) is 13.2 Å². The standard InChI is InChI=1S/C13H18INO2/c14-12-3-1-2-4-13(12)15-7-11(16)9-17-8-10-5-6-10/h1-4,10-11,15-16H,5-9H2. The van der Waals surface area contributed by atoms with Crippen LogP contribution in [0.5, 0.6) is 0 Å². The minimum atomic E-state index is -0.440. The number of para-hydroxylation sites is 1. The number of hydrogen-bond donors (Lipinski definition) is 2. The molecule has 0 amide bonds. The third-order valence-corrected chi connectivity index (χ3v) is 3.70. The molecule has 1 aromatic rings. The van der Waals surface area contributed by atoms with Gasteiger partial charge in [0, 0.05) is 22.4 Å². The van der Waals surface area contributed by atoms with Gasteiger partial charge >= 0.3 is 0 Å². The summed E-state index contributed by atoms with van der Waals surface area (Å²) in [5.41, 5.74) is 1.06. The zero-order chi connectivity index (χ0) is 12.1. The van der Waals surface area contributed by atoms with Crippen molar-refractivity contribution in [2.45, 2.75) is 18.9 Å². The van der Waals surface area contributed by atoms with Gasteiger partial charge in [0.15, 0.2) is 0 Å². The van der Waals surface area contributed by atoms with Crippen LogP contribution in [0, 0.1) is 9.49 Å². The minimum Gasteiger partial charge on any atom is -0.389 e. The molecule has 3 nitrogen and oxygen atoms in total. The molecule has 94 valence electrons. The van der Waals surface area contributed by atoms with E-state index in [1.807, 2.05) is 24.3 Å². The van der Waals surface area contributed by atoms with Gasteiger partial charge < -0.3 is 15.2 Å². The summed E-state index contributed by atoms with van der Waals surface area (Å²) in [5.74, 6) is 0.755. The first-order valence-corrected chi connectivity index (χ1v) is 7.08. The van der Waals surface area contributed by atoms with Gasteiger partial charge in [-0.25, -0.2) is 0 Å². The molecule has 0 aromatic heterocycles. The average Bonchev–Trinajstić information content (AvgIpc) is 3.12. The SMILES string of the molecule is OC(CNc1ccccc1I)COCC1CC1. The van der Waals surface area contributed by atoms with E-state index in [0.717, 1.165) is 21.8 Å². The fourth-order valence-corrected chi connectivity index (χ4v) is 2.12. The highest BCUT2D eigenvalue weighted by Gasteiger charge is 2.21. The van der Waals surface area contributed by atoms with Crippen LogP contribution < -0.4 is 5.32 Å². The molecular formula is C13H18INO2. The van der Waals surface area contributed by atoms with Gasteiger partial charge in [-0.15, -0.1) is 0 Å². The van der Waals surface area contributed by atoms with Crippen LogP contribution in [0.1, 0.15) is 12.8 Å². The Bertz CT molecular complexity index is 355. The van der Waals surface area contributed by atoms with Crippen LogP contribution in [0.2, 0.25) is 0 Å². The maximum absolute atomic E-state index is 9.74. The molecule has 0 saturated heterocycles. The van der Waals surface area contributed by atoms with Gasteiger partial charge in [0.05, 0.1) is 12.7 Å². The first-order valence-electron chi connectivity index (χ1n) is 6.00. The lowest BCUT2D eigenvalue weighted by Gasteiger charge is -2.14. The van der Waals surface area contributed by atoms with Crippen LogP contribution in [-0.4, -0.2) is 31.0 Å². The second kappa shape index (κ2) is 6.56. The van der Waals surface area contributed by atoms with Crippen molar-refractivity contribution in [3.8, 4) is 0 Å². The van der Waals surface area contributed by atoms with Crippen LogP contribution in [-0.2, 0) is 4.74 Å².